The zero-order chi connectivity index (χ0) is 10.8. The largest absolute Gasteiger partial charge is 0.336 e. The Labute approximate surface area is 89.9 Å². The number of aromatic amines is 1. The second-order valence-corrected chi connectivity index (χ2v) is 3.30. The Kier molecular flexibility index (Phi) is 2.42. The second kappa shape index (κ2) is 3.74. The van der Waals surface area contributed by atoms with E-state index in [4.69, 9.17) is 11.6 Å². The summed E-state index contributed by atoms with van der Waals surface area (Å²) in [4.78, 5) is 17.4. The Morgan fingerprint density at radius 3 is 3.07 bits per heavy atom. The van der Waals surface area contributed by atoms with E-state index in [2.05, 4.69) is 20.4 Å². The predicted molar refractivity (Wildman–Crippen MR) is 56.4 cm³/mol. The minimum absolute atomic E-state index is 0.0290. The highest BCUT2D eigenvalue weighted by Crippen LogP contribution is 2.17. The van der Waals surface area contributed by atoms with Gasteiger partial charge in [-0.25, -0.2) is 4.98 Å². The maximum absolute atomic E-state index is 11.1. The van der Waals surface area contributed by atoms with Gasteiger partial charge in [0.2, 0.25) is 0 Å². The summed E-state index contributed by atoms with van der Waals surface area (Å²) in [6.45, 7) is 0. The number of hydrogen-bond donors (Lipinski definition) is 2. The van der Waals surface area contributed by atoms with E-state index in [1.807, 2.05) is 0 Å². The van der Waals surface area contributed by atoms with Gasteiger partial charge in [-0.1, -0.05) is 11.6 Å². The van der Waals surface area contributed by atoms with Crippen LogP contribution in [0.3, 0.4) is 0 Å². The van der Waals surface area contributed by atoms with Crippen LogP contribution in [0.25, 0.3) is 0 Å². The van der Waals surface area contributed by atoms with Gasteiger partial charge in [-0.2, -0.15) is 5.10 Å². The molecule has 0 fully saturated rings. The van der Waals surface area contributed by atoms with E-state index in [1.165, 1.54) is 6.33 Å². The molecule has 0 saturated heterocycles. The SMILES string of the molecule is Cn1cc(Nc2nc[nH]c(=O)c2Cl)cn1. The molecule has 0 unspecified atom stereocenters. The number of H-pyrrole nitrogens is 1. The molecule has 78 valence electrons. The molecule has 2 rings (SSSR count). The quantitative estimate of drug-likeness (QED) is 0.796. The monoisotopic (exact) mass is 225 g/mol. The van der Waals surface area contributed by atoms with E-state index >= 15 is 0 Å². The van der Waals surface area contributed by atoms with Gasteiger partial charge in [0.25, 0.3) is 5.56 Å². The van der Waals surface area contributed by atoms with E-state index in [0.29, 0.717) is 5.82 Å². The molecule has 0 spiro atoms. The minimum atomic E-state index is -0.377. The number of rotatable bonds is 2. The number of nitrogens with zero attached hydrogens (tertiary/aromatic N) is 3. The Hall–Kier alpha value is -1.82. The van der Waals surface area contributed by atoms with Gasteiger partial charge in [-0.15, -0.1) is 0 Å². The Balaban J connectivity index is 2.32. The van der Waals surface area contributed by atoms with Crippen LogP contribution in [0.4, 0.5) is 11.5 Å². The van der Waals surface area contributed by atoms with Crippen molar-refractivity contribution in [2.24, 2.45) is 7.05 Å². The first-order chi connectivity index (χ1) is 7.16. The molecule has 7 heteroatoms. The zero-order valence-electron chi connectivity index (χ0n) is 7.86. The van der Waals surface area contributed by atoms with E-state index in [9.17, 15) is 4.79 Å². The lowest BCUT2D eigenvalue weighted by atomic mass is 10.5. The van der Waals surface area contributed by atoms with E-state index < -0.39 is 0 Å². The third-order valence-corrected chi connectivity index (χ3v) is 2.11. The van der Waals surface area contributed by atoms with Gasteiger partial charge < -0.3 is 10.3 Å². The van der Waals surface area contributed by atoms with Crippen LogP contribution in [0.15, 0.2) is 23.5 Å². The molecule has 2 aromatic rings. The molecule has 0 amide bonds. The maximum atomic E-state index is 11.1. The van der Waals surface area contributed by atoms with Crippen LogP contribution in [0.1, 0.15) is 0 Å². The van der Waals surface area contributed by atoms with Crippen LogP contribution < -0.4 is 10.9 Å². The first-order valence-electron chi connectivity index (χ1n) is 4.15. The summed E-state index contributed by atoms with van der Waals surface area (Å²) in [6, 6.07) is 0. The third-order valence-electron chi connectivity index (χ3n) is 1.76. The zero-order valence-corrected chi connectivity index (χ0v) is 8.62. The van der Waals surface area contributed by atoms with Crippen molar-refractivity contribution in [3.63, 3.8) is 0 Å². The van der Waals surface area contributed by atoms with Gasteiger partial charge >= 0.3 is 0 Å². The van der Waals surface area contributed by atoms with Gasteiger partial charge in [0.05, 0.1) is 18.2 Å². The molecular weight excluding hydrogens is 218 g/mol. The van der Waals surface area contributed by atoms with Crippen LogP contribution >= 0.6 is 11.6 Å². The number of anilines is 2. The summed E-state index contributed by atoms with van der Waals surface area (Å²) < 4.78 is 1.63. The van der Waals surface area contributed by atoms with Gasteiger partial charge in [0.15, 0.2) is 5.82 Å². The molecule has 0 atom stereocenters. The van der Waals surface area contributed by atoms with Crippen LogP contribution in [0, 0.1) is 0 Å². The fourth-order valence-electron chi connectivity index (χ4n) is 1.09. The lowest BCUT2D eigenvalue weighted by Gasteiger charge is -2.02. The molecule has 0 saturated carbocycles. The number of nitrogens with one attached hydrogen (secondary N) is 2. The Morgan fingerprint density at radius 2 is 2.40 bits per heavy atom. The molecule has 0 radical (unpaired) electrons. The van der Waals surface area contributed by atoms with Crippen molar-refractivity contribution in [2.45, 2.75) is 0 Å². The van der Waals surface area contributed by atoms with Crippen LogP contribution in [-0.4, -0.2) is 19.7 Å². The summed E-state index contributed by atoms with van der Waals surface area (Å²) in [5.41, 5.74) is 0.343. The molecule has 0 aliphatic rings. The summed E-state index contributed by atoms with van der Waals surface area (Å²) in [5.74, 6) is 0.313. The highest BCUT2D eigenvalue weighted by molar-refractivity contribution is 6.32. The van der Waals surface area contributed by atoms with Gasteiger partial charge in [-0.3, -0.25) is 9.48 Å². The molecule has 0 aliphatic heterocycles. The van der Waals surface area contributed by atoms with Crippen LogP contribution in [0.2, 0.25) is 5.02 Å². The summed E-state index contributed by atoms with van der Waals surface area (Å²) >= 11 is 5.75. The van der Waals surface area contributed by atoms with Crippen molar-refractivity contribution in [3.05, 3.63) is 34.1 Å². The van der Waals surface area contributed by atoms with Crippen molar-refractivity contribution < 1.29 is 0 Å². The summed E-state index contributed by atoms with van der Waals surface area (Å²) in [5, 5.41) is 6.88. The normalized spacial score (nSPS) is 10.3. The highest BCUT2D eigenvalue weighted by atomic mass is 35.5. The minimum Gasteiger partial charge on any atom is -0.336 e. The van der Waals surface area contributed by atoms with Crippen LogP contribution in [-0.2, 0) is 7.05 Å². The lowest BCUT2D eigenvalue weighted by molar-refractivity contribution is 0.768. The molecular formula is C8H8ClN5O. The van der Waals surface area contributed by atoms with Crippen molar-refractivity contribution >= 4 is 23.1 Å². The highest BCUT2D eigenvalue weighted by Gasteiger charge is 2.06. The van der Waals surface area contributed by atoms with E-state index in [0.717, 1.165) is 5.69 Å². The predicted octanol–water partition coefficient (Wildman–Crippen LogP) is 0.900. The molecule has 2 heterocycles. The average Bonchev–Trinajstić information content (AvgIpc) is 2.59. The van der Waals surface area contributed by atoms with E-state index in [1.54, 1.807) is 24.1 Å². The fraction of sp³-hybridized carbons (Fsp3) is 0.125. The number of hydrogen-bond acceptors (Lipinski definition) is 4. The van der Waals surface area contributed by atoms with Gasteiger partial charge in [0, 0.05) is 13.2 Å². The Morgan fingerprint density at radius 1 is 1.60 bits per heavy atom. The molecule has 0 aromatic carbocycles. The van der Waals surface area contributed by atoms with Gasteiger partial charge in [0.1, 0.15) is 5.02 Å². The van der Waals surface area contributed by atoms with Crippen molar-refractivity contribution in [3.8, 4) is 0 Å². The first kappa shape index (κ1) is 9.72. The molecule has 2 aromatic heterocycles. The smallest absolute Gasteiger partial charge is 0.271 e. The molecule has 0 aliphatic carbocycles. The molecule has 0 bridgehead atoms. The van der Waals surface area contributed by atoms with Crippen molar-refractivity contribution in [1.82, 2.24) is 19.7 Å². The van der Waals surface area contributed by atoms with E-state index in [-0.39, 0.29) is 10.6 Å². The molecule has 6 nitrogen and oxygen atoms in total. The van der Waals surface area contributed by atoms with Crippen molar-refractivity contribution in [1.29, 1.82) is 0 Å². The number of aryl methyl sites for hydroxylation is 1. The molecule has 2 N–H and O–H groups in total. The molecule has 15 heavy (non-hydrogen) atoms. The third kappa shape index (κ3) is 1.99. The number of halogens is 1. The summed E-state index contributed by atoms with van der Waals surface area (Å²) in [7, 11) is 1.79. The lowest BCUT2D eigenvalue weighted by Crippen LogP contribution is -2.09. The fourth-order valence-corrected chi connectivity index (χ4v) is 1.24. The first-order valence-corrected chi connectivity index (χ1v) is 4.53. The Bertz CT molecular complexity index is 532. The van der Waals surface area contributed by atoms with Crippen LogP contribution in [0.5, 0.6) is 0 Å². The average molecular weight is 226 g/mol. The van der Waals surface area contributed by atoms with Gasteiger partial charge in [-0.05, 0) is 0 Å². The number of aromatic nitrogens is 4. The standard InChI is InChI=1S/C8H8ClN5O/c1-14-3-5(2-12-14)13-7-6(9)8(15)11-4-10-7/h2-4H,1H3,(H2,10,11,13,15). The summed E-state index contributed by atoms with van der Waals surface area (Å²) in [6.07, 6.45) is 4.64. The van der Waals surface area contributed by atoms with Crippen molar-refractivity contribution in [2.75, 3.05) is 5.32 Å². The topological polar surface area (TPSA) is 75.6 Å². The second-order valence-electron chi connectivity index (χ2n) is 2.92. The maximum Gasteiger partial charge on any atom is 0.271 e.